The van der Waals surface area contributed by atoms with Crippen LogP contribution in [0.15, 0.2) is 0 Å². The van der Waals surface area contributed by atoms with Crippen molar-refractivity contribution in [3.05, 3.63) is 0 Å². The van der Waals surface area contributed by atoms with Crippen molar-refractivity contribution in [2.45, 2.75) is 51.6 Å². The maximum atomic E-state index is 12.2. The molecule has 0 bridgehead atoms. The normalized spacial score (nSPS) is 23.6. The number of hydrogen-bond donors (Lipinski definition) is 2. The Balaban J connectivity index is 2.61. The lowest BCUT2D eigenvalue weighted by molar-refractivity contribution is -0.249. The summed E-state index contributed by atoms with van der Waals surface area (Å²) in [6, 6.07) is 0. The third kappa shape index (κ3) is 4.16. The van der Waals surface area contributed by atoms with Crippen LogP contribution in [0.4, 0.5) is 0 Å². The molecule has 5 heteroatoms. The molecule has 0 spiro atoms. The SMILES string of the molecule is CN(C)CCNC(=O)C1CC(C)(C)N(O)C(C)(C)C1. The third-order valence-electron chi connectivity index (χ3n) is 3.87. The van der Waals surface area contributed by atoms with Crippen molar-refractivity contribution >= 4 is 5.91 Å². The van der Waals surface area contributed by atoms with E-state index in [9.17, 15) is 10.0 Å². The standard InChI is InChI=1S/C14H29N3O2/c1-13(2)9-11(10-14(3,4)17(13)19)12(18)15-7-8-16(5)6/h11,19H,7-10H2,1-6H3,(H,15,18). The fourth-order valence-electron chi connectivity index (χ4n) is 3.00. The number of rotatable bonds is 4. The number of carbonyl (C=O) groups excluding carboxylic acids is 1. The van der Waals surface area contributed by atoms with Crippen molar-refractivity contribution < 1.29 is 10.0 Å². The Morgan fingerprint density at radius 3 is 2.16 bits per heavy atom. The zero-order valence-corrected chi connectivity index (χ0v) is 13.2. The molecular formula is C14H29N3O2. The third-order valence-corrected chi connectivity index (χ3v) is 3.87. The van der Waals surface area contributed by atoms with Crippen molar-refractivity contribution in [2.24, 2.45) is 5.92 Å². The number of amides is 1. The molecule has 1 aliphatic rings. The minimum atomic E-state index is -0.370. The summed E-state index contributed by atoms with van der Waals surface area (Å²) in [6.07, 6.45) is 1.36. The molecule has 112 valence electrons. The summed E-state index contributed by atoms with van der Waals surface area (Å²) < 4.78 is 0. The van der Waals surface area contributed by atoms with Gasteiger partial charge in [-0.05, 0) is 54.6 Å². The summed E-state index contributed by atoms with van der Waals surface area (Å²) in [5.41, 5.74) is -0.739. The highest BCUT2D eigenvalue weighted by atomic mass is 16.5. The van der Waals surface area contributed by atoms with Gasteiger partial charge in [-0.25, -0.2) is 0 Å². The van der Waals surface area contributed by atoms with E-state index in [4.69, 9.17) is 0 Å². The molecule has 19 heavy (non-hydrogen) atoms. The Bertz CT molecular complexity index is 309. The quantitative estimate of drug-likeness (QED) is 0.810. The number of nitrogens with one attached hydrogen (secondary N) is 1. The van der Waals surface area contributed by atoms with Gasteiger partial charge >= 0.3 is 0 Å². The Hall–Kier alpha value is -0.650. The lowest BCUT2D eigenvalue weighted by Gasteiger charge is -2.51. The molecule has 1 rings (SSSR count). The van der Waals surface area contributed by atoms with Gasteiger partial charge in [0, 0.05) is 30.1 Å². The molecule has 0 radical (unpaired) electrons. The summed E-state index contributed by atoms with van der Waals surface area (Å²) in [6.45, 7) is 9.44. The van der Waals surface area contributed by atoms with Gasteiger partial charge in [-0.3, -0.25) is 4.79 Å². The van der Waals surface area contributed by atoms with Crippen LogP contribution in [0, 0.1) is 5.92 Å². The summed E-state index contributed by atoms with van der Waals surface area (Å²) in [4.78, 5) is 14.3. The predicted octanol–water partition coefficient (Wildman–Crippen LogP) is 1.32. The van der Waals surface area contributed by atoms with Crippen molar-refractivity contribution in [3.8, 4) is 0 Å². The number of nitrogens with zero attached hydrogens (tertiary/aromatic N) is 2. The molecule has 0 saturated carbocycles. The Kier molecular flexibility index (Phi) is 4.98. The zero-order chi connectivity index (χ0) is 14.8. The van der Waals surface area contributed by atoms with Crippen molar-refractivity contribution in [2.75, 3.05) is 27.2 Å². The first-order valence-electron chi connectivity index (χ1n) is 6.98. The molecule has 0 aromatic rings. The lowest BCUT2D eigenvalue weighted by atomic mass is 9.75. The topological polar surface area (TPSA) is 55.8 Å². The van der Waals surface area contributed by atoms with Crippen molar-refractivity contribution in [1.29, 1.82) is 0 Å². The van der Waals surface area contributed by atoms with E-state index in [-0.39, 0.29) is 22.9 Å². The molecule has 0 unspecified atom stereocenters. The number of likely N-dealkylation sites (N-methyl/N-ethyl adjacent to an activating group) is 1. The molecule has 1 fully saturated rings. The van der Waals surface area contributed by atoms with Gasteiger partial charge in [0.1, 0.15) is 0 Å². The van der Waals surface area contributed by atoms with Crippen LogP contribution in [-0.4, -0.2) is 59.3 Å². The van der Waals surface area contributed by atoms with Gasteiger partial charge in [-0.1, -0.05) is 0 Å². The Labute approximate surface area is 116 Å². The van der Waals surface area contributed by atoms with Gasteiger partial charge in [0.25, 0.3) is 0 Å². The fourth-order valence-corrected chi connectivity index (χ4v) is 3.00. The average molecular weight is 271 g/mol. The van der Waals surface area contributed by atoms with Gasteiger partial charge < -0.3 is 15.4 Å². The highest BCUT2D eigenvalue weighted by molar-refractivity contribution is 5.79. The van der Waals surface area contributed by atoms with Crippen molar-refractivity contribution in [1.82, 2.24) is 15.3 Å². The Morgan fingerprint density at radius 2 is 1.74 bits per heavy atom. The number of hydrogen-bond acceptors (Lipinski definition) is 4. The first-order chi connectivity index (χ1) is 8.56. The predicted molar refractivity (Wildman–Crippen MR) is 76.1 cm³/mol. The summed E-state index contributed by atoms with van der Waals surface area (Å²) in [7, 11) is 3.98. The van der Waals surface area contributed by atoms with E-state index in [1.54, 1.807) is 0 Å². The number of hydroxylamine groups is 2. The maximum absolute atomic E-state index is 12.2. The molecule has 0 atom stereocenters. The highest BCUT2D eigenvalue weighted by Gasteiger charge is 2.46. The molecule has 2 N–H and O–H groups in total. The maximum Gasteiger partial charge on any atom is 0.223 e. The van der Waals surface area contributed by atoms with Crippen LogP contribution in [0.25, 0.3) is 0 Å². The molecule has 0 aromatic heterocycles. The fraction of sp³-hybridized carbons (Fsp3) is 0.929. The van der Waals surface area contributed by atoms with Gasteiger partial charge in [0.05, 0.1) is 0 Å². The summed E-state index contributed by atoms with van der Waals surface area (Å²) in [5, 5.41) is 14.6. The van der Waals surface area contributed by atoms with E-state index in [1.165, 1.54) is 5.06 Å². The van der Waals surface area contributed by atoms with Crippen LogP contribution in [0.5, 0.6) is 0 Å². The van der Waals surface area contributed by atoms with Crippen LogP contribution in [0.1, 0.15) is 40.5 Å². The second-order valence-electron chi connectivity index (χ2n) is 7.14. The van der Waals surface area contributed by atoms with Gasteiger partial charge in [-0.2, -0.15) is 5.06 Å². The van der Waals surface area contributed by atoms with Gasteiger partial charge in [0.2, 0.25) is 5.91 Å². The molecule has 0 aliphatic carbocycles. The van der Waals surface area contributed by atoms with Crippen LogP contribution in [-0.2, 0) is 4.79 Å². The van der Waals surface area contributed by atoms with Crippen LogP contribution < -0.4 is 5.32 Å². The minimum Gasteiger partial charge on any atom is -0.355 e. The van der Waals surface area contributed by atoms with E-state index in [0.29, 0.717) is 19.4 Å². The molecule has 1 saturated heterocycles. The van der Waals surface area contributed by atoms with Crippen LogP contribution in [0.3, 0.4) is 0 Å². The monoisotopic (exact) mass is 271 g/mol. The second kappa shape index (κ2) is 5.77. The van der Waals surface area contributed by atoms with Gasteiger partial charge in [-0.15, -0.1) is 0 Å². The minimum absolute atomic E-state index is 0.0319. The van der Waals surface area contributed by atoms with E-state index in [2.05, 4.69) is 5.32 Å². The highest BCUT2D eigenvalue weighted by Crippen LogP contribution is 2.39. The average Bonchev–Trinajstić information content (AvgIpc) is 2.24. The molecule has 1 heterocycles. The molecule has 1 aliphatic heterocycles. The van der Waals surface area contributed by atoms with Crippen LogP contribution >= 0.6 is 0 Å². The number of carbonyl (C=O) groups is 1. The molecule has 5 nitrogen and oxygen atoms in total. The Morgan fingerprint density at radius 1 is 1.26 bits per heavy atom. The van der Waals surface area contributed by atoms with E-state index < -0.39 is 0 Å². The van der Waals surface area contributed by atoms with Crippen LogP contribution in [0.2, 0.25) is 0 Å². The molecule has 1 amide bonds. The summed E-state index contributed by atoms with van der Waals surface area (Å²) in [5.74, 6) is 0.0756. The first-order valence-corrected chi connectivity index (χ1v) is 6.98. The zero-order valence-electron chi connectivity index (χ0n) is 13.2. The molecular weight excluding hydrogens is 242 g/mol. The second-order valence-corrected chi connectivity index (χ2v) is 7.14. The van der Waals surface area contributed by atoms with E-state index in [0.717, 1.165) is 6.54 Å². The van der Waals surface area contributed by atoms with E-state index >= 15 is 0 Å². The van der Waals surface area contributed by atoms with E-state index in [1.807, 2.05) is 46.7 Å². The largest absolute Gasteiger partial charge is 0.355 e. The van der Waals surface area contributed by atoms with Crippen molar-refractivity contribution in [3.63, 3.8) is 0 Å². The summed E-state index contributed by atoms with van der Waals surface area (Å²) >= 11 is 0. The molecule has 0 aromatic carbocycles. The smallest absolute Gasteiger partial charge is 0.223 e. The first kappa shape index (κ1) is 16.4. The number of piperidine rings is 1. The van der Waals surface area contributed by atoms with Gasteiger partial charge in [0.15, 0.2) is 0 Å². The lowest BCUT2D eigenvalue weighted by Crippen LogP contribution is -2.60.